The number of amides is 2. The van der Waals surface area contributed by atoms with Gasteiger partial charge in [-0.05, 0) is 31.0 Å². The Morgan fingerprint density at radius 3 is 2.53 bits per heavy atom. The molecule has 1 aromatic carbocycles. The molecule has 1 unspecified atom stereocenters. The number of likely N-dealkylation sites (tertiary alicyclic amines) is 1. The summed E-state index contributed by atoms with van der Waals surface area (Å²) >= 11 is 0. The van der Waals surface area contributed by atoms with Gasteiger partial charge in [-0.25, -0.2) is 4.98 Å². The van der Waals surface area contributed by atoms with Gasteiger partial charge >= 0.3 is 6.18 Å². The summed E-state index contributed by atoms with van der Waals surface area (Å²) in [6.45, 7) is 1.53. The molecule has 3 heterocycles. The Balaban J connectivity index is 1.58. The number of benzene rings is 1. The van der Waals surface area contributed by atoms with E-state index in [1.807, 2.05) is 0 Å². The lowest BCUT2D eigenvalue weighted by atomic mass is 9.70. The highest BCUT2D eigenvalue weighted by Gasteiger charge is 2.51. The number of hydrogen-bond donors (Lipinski definition) is 1. The summed E-state index contributed by atoms with van der Waals surface area (Å²) in [7, 11) is 3.29. The van der Waals surface area contributed by atoms with Crippen LogP contribution in [-0.4, -0.2) is 59.5 Å². The van der Waals surface area contributed by atoms with Crippen LogP contribution >= 0.6 is 0 Å². The second-order valence-electron chi connectivity index (χ2n) is 8.93. The van der Waals surface area contributed by atoms with E-state index in [0.29, 0.717) is 43.9 Å². The number of halogens is 3. The summed E-state index contributed by atoms with van der Waals surface area (Å²) < 4.78 is 42.1. The first-order valence-electron chi connectivity index (χ1n) is 10.9. The van der Waals surface area contributed by atoms with Gasteiger partial charge in [-0.3, -0.25) is 9.59 Å². The number of imidazole rings is 1. The molecule has 180 valence electrons. The molecule has 11 heteroatoms. The van der Waals surface area contributed by atoms with Crippen molar-refractivity contribution in [3.63, 3.8) is 0 Å². The quantitative estimate of drug-likeness (QED) is 0.738. The number of carbonyl (C=O) groups is 2. The van der Waals surface area contributed by atoms with Gasteiger partial charge in [-0.1, -0.05) is 0 Å². The molecule has 1 aromatic heterocycles. The van der Waals surface area contributed by atoms with Crippen molar-refractivity contribution in [3.8, 4) is 6.07 Å². The van der Waals surface area contributed by atoms with Crippen molar-refractivity contribution in [2.45, 2.75) is 19.0 Å². The molecule has 1 atom stereocenters. The van der Waals surface area contributed by atoms with Crippen molar-refractivity contribution in [1.82, 2.24) is 19.8 Å². The number of carbonyl (C=O) groups excluding carboxylic acids is 2. The average molecular weight is 474 g/mol. The maximum Gasteiger partial charge on any atom is 0.417 e. The van der Waals surface area contributed by atoms with Gasteiger partial charge in [0.1, 0.15) is 5.69 Å². The number of nitrogens with zero attached hydrogens (tertiary/aromatic N) is 5. The first kappa shape index (κ1) is 23.6. The van der Waals surface area contributed by atoms with E-state index in [9.17, 15) is 22.8 Å². The molecule has 0 bridgehead atoms. The maximum atomic E-state index is 13.5. The topological polar surface area (TPSA) is 94.3 Å². The fourth-order valence-electron chi connectivity index (χ4n) is 5.15. The molecule has 0 saturated carbocycles. The highest BCUT2D eigenvalue weighted by Crippen LogP contribution is 2.47. The summed E-state index contributed by atoms with van der Waals surface area (Å²) in [6.07, 6.45) is -0.486. The van der Waals surface area contributed by atoms with Gasteiger partial charge in [0.25, 0.3) is 5.91 Å². The molecule has 2 amide bonds. The van der Waals surface area contributed by atoms with Crippen LogP contribution in [0.4, 0.5) is 18.9 Å². The van der Waals surface area contributed by atoms with Crippen molar-refractivity contribution in [2.24, 2.45) is 18.4 Å². The van der Waals surface area contributed by atoms with E-state index in [1.54, 1.807) is 40.9 Å². The zero-order valence-corrected chi connectivity index (χ0v) is 18.9. The lowest BCUT2D eigenvalue weighted by Gasteiger charge is -2.42. The Morgan fingerprint density at radius 2 is 1.97 bits per heavy atom. The number of aromatic nitrogens is 2. The van der Waals surface area contributed by atoms with Crippen LogP contribution in [0.2, 0.25) is 0 Å². The largest absolute Gasteiger partial charge is 0.417 e. The number of hydrogen-bond acceptors (Lipinski definition) is 5. The number of nitrogens with one attached hydrogen (secondary N) is 1. The molecule has 2 aromatic rings. The Kier molecular flexibility index (Phi) is 6.02. The molecular formula is C23H25F3N6O2. The van der Waals surface area contributed by atoms with E-state index in [-0.39, 0.29) is 18.4 Å². The van der Waals surface area contributed by atoms with Crippen LogP contribution < -0.4 is 10.2 Å². The highest BCUT2D eigenvalue weighted by molar-refractivity contribution is 5.92. The van der Waals surface area contributed by atoms with Gasteiger partial charge in [0.15, 0.2) is 0 Å². The normalized spacial score (nSPS) is 19.8. The SMILES string of the molecule is CNC(=O)C1CN(c2ccc(C#N)c(C(F)(F)F)c2)CC12CCN(C(=O)c1cncn1C)CC2. The Hall–Kier alpha value is -3.55. The van der Waals surface area contributed by atoms with E-state index in [4.69, 9.17) is 5.26 Å². The van der Waals surface area contributed by atoms with E-state index < -0.39 is 28.6 Å². The number of aryl methyl sites for hydroxylation is 1. The zero-order valence-electron chi connectivity index (χ0n) is 18.9. The Morgan fingerprint density at radius 1 is 1.26 bits per heavy atom. The smallest absolute Gasteiger partial charge is 0.370 e. The standard InChI is InChI=1S/C23H25F3N6O2/c1-28-20(33)18-12-32(16-4-3-15(10-27)17(9-16)23(24,25)26)13-22(18)5-7-31(8-6-22)21(34)19-11-29-14-30(19)2/h3-4,9,11,14,18H,5-8,12-13H2,1-2H3,(H,28,33). The molecule has 4 rings (SSSR count). The number of piperidine rings is 1. The van der Waals surface area contributed by atoms with Gasteiger partial charge in [0.05, 0.1) is 35.6 Å². The van der Waals surface area contributed by atoms with Crippen LogP contribution in [0.25, 0.3) is 0 Å². The van der Waals surface area contributed by atoms with Crippen molar-refractivity contribution in [2.75, 3.05) is 38.1 Å². The minimum Gasteiger partial charge on any atom is -0.370 e. The van der Waals surface area contributed by atoms with E-state index in [0.717, 1.165) is 6.07 Å². The van der Waals surface area contributed by atoms with Crippen molar-refractivity contribution in [1.29, 1.82) is 5.26 Å². The van der Waals surface area contributed by atoms with E-state index >= 15 is 0 Å². The minimum absolute atomic E-state index is 0.136. The zero-order chi connectivity index (χ0) is 24.7. The van der Waals surface area contributed by atoms with Crippen LogP contribution in [0.15, 0.2) is 30.7 Å². The number of anilines is 1. The molecule has 2 aliphatic heterocycles. The monoisotopic (exact) mass is 474 g/mol. The molecule has 8 nitrogen and oxygen atoms in total. The van der Waals surface area contributed by atoms with E-state index in [1.165, 1.54) is 18.3 Å². The van der Waals surface area contributed by atoms with Crippen LogP contribution in [-0.2, 0) is 18.0 Å². The summed E-state index contributed by atoms with van der Waals surface area (Å²) in [6, 6.07) is 5.25. The highest BCUT2D eigenvalue weighted by atomic mass is 19.4. The second kappa shape index (κ2) is 8.66. The molecule has 2 aliphatic rings. The lowest BCUT2D eigenvalue weighted by molar-refractivity contribution is -0.137. The first-order valence-corrected chi connectivity index (χ1v) is 10.9. The molecule has 2 saturated heterocycles. The summed E-state index contributed by atoms with van der Waals surface area (Å²) in [5.41, 5.74) is -1.10. The third-order valence-corrected chi connectivity index (χ3v) is 7.09. The predicted molar refractivity (Wildman–Crippen MR) is 117 cm³/mol. The van der Waals surface area contributed by atoms with Gasteiger partial charge in [-0.2, -0.15) is 18.4 Å². The fraction of sp³-hybridized carbons (Fsp3) is 0.478. The van der Waals surface area contributed by atoms with Crippen molar-refractivity contribution < 1.29 is 22.8 Å². The molecule has 0 radical (unpaired) electrons. The fourth-order valence-corrected chi connectivity index (χ4v) is 5.15. The van der Waals surface area contributed by atoms with Crippen molar-refractivity contribution in [3.05, 3.63) is 47.5 Å². The van der Waals surface area contributed by atoms with Gasteiger partial charge in [0, 0.05) is 51.4 Å². The van der Waals surface area contributed by atoms with Gasteiger partial charge in [-0.15, -0.1) is 0 Å². The van der Waals surface area contributed by atoms with Crippen LogP contribution in [0.5, 0.6) is 0 Å². The van der Waals surface area contributed by atoms with Gasteiger partial charge < -0.3 is 19.7 Å². The summed E-state index contributed by atoms with van der Waals surface area (Å²) in [4.78, 5) is 33.2. The molecule has 1 N–H and O–H groups in total. The maximum absolute atomic E-state index is 13.5. The van der Waals surface area contributed by atoms with E-state index in [2.05, 4.69) is 10.3 Å². The van der Waals surface area contributed by atoms with Gasteiger partial charge in [0.2, 0.25) is 5.91 Å². The average Bonchev–Trinajstić information content (AvgIpc) is 3.41. The second-order valence-corrected chi connectivity index (χ2v) is 8.93. The third kappa shape index (κ3) is 4.08. The molecular weight excluding hydrogens is 449 g/mol. The van der Waals surface area contributed by atoms with Crippen LogP contribution in [0.1, 0.15) is 34.5 Å². The Labute approximate surface area is 195 Å². The molecule has 2 fully saturated rings. The number of alkyl halides is 3. The molecule has 0 aliphatic carbocycles. The first-order chi connectivity index (χ1) is 16.1. The number of nitriles is 1. The number of rotatable bonds is 3. The van der Waals surface area contributed by atoms with Crippen molar-refractivity contribution >= 4 is 17.5 Å². The van der Waals surface area contributed by atoms with Crippen LogP contribution in [0, 0.1) is 22.7 Å². The minimum atomic E-state index is -4.66. The third-order valence-electron chi connectivity index (χ3n) is 7.09. The Bertz CT molecular complexity index is 1140. The lowest BCUT2D eigenvalue weighted by Crippen LogP contribution is -2.49. The predicted octanol–water partition coefficient (Wildman–Crippen LogP) is 2.42. The van der Waals surface area contributed by atoms with Crippen LogP contribution in [0.3, 0.4) is 0 Å². The molecule has 34 heavy (non-hydrogen) atoms. The summed E-state index contributed by atoms with van der Waals surface area (Å²) in [5.74, 6) is -0.738. The summed E-state index contributed by atoms with van der Waals surface area (Å²) in [5, 5.41) is 11.8. The molecule has 1 spiro atoms.